The van der Waals surface area contributed by atoms with Crippen LogP contribution >= 0.6 is 11.6 Å². The summed E-state index contributed by atoms with van der Waals surface area (Å²) in [5.41, 5.74) is 0.253. The van der Waals surface area contributed by atoms with E-state index >= 15 is 0 Å². The van der Waals surface area contributed by atoms with Crippen LogP contribution in [0.3, 0.4) is 0 Å². The zero-order chi connectivity index (χ0) is 15.8. The maximum atomic E-state index is 14.0. The molecule has 0 fully saturated rings. The summed E-state index contributed by atoms with van der Waals surface area (Å²) in [6.07, 6.45) is 1.02. The van der Waals surface area contributed by atoms with Crippen LogP contribution in [0.2, 0.25) is 0 Å². The molecule has 0 aliphatic rings. The number of benzene rings is 1. The number of hydrogen-bond acceptors (Lipinski definition) is 3. The lowest BCUT2D eigenvalue weighted by Gasteiger charge is -2.11. The van der Waals surface area contributed by atoms with Crippen LogP contribution < -0.4 is 4.72 Å². The number of nitrogens with zero attached hydrogens (tertiary/aromatic N) is 2. The molecule has 1 N–H and O–H groups in total. The highest BCUT2D eigenvalue weighted by atomic mass is 35.5. The van der Waals surface area contributed by atoms with Crippen LogP contribution in [0.5, 0.6) is 0 Å². The fraction of sp³-hybridized carbons (Fsp3) is 0.417. The first kappa shape index (κ1) is 16.1. The molecule has 0 aliphatic carbocycles. The molecule has 2 rings (SSSR count). The monoisotopic (exact) mass is 337 g/mol. The minimum atomic E-state index is -3.37. The molecule has 1 unspecified atom stereocenters. The number of halogens is 3. The first-order valence-corrected chi connectivity index (χ1v) is 8.46. The van der Waals surface area contributed by atoms with Crippen LogP contribution in [0, 0.1) is 11.6 Å². The van der Waals surface area contributed by atoms with Gasteiger partial charge in [0.25, 0.3) is 0 Å². The smallest absolute Gasteiger partial charge is 0.208 e. The lowest BCUT2D eigenvalue weighted by Crippen LogP contribution is -2.26. The number of nitrogens with one attached hydrogen (secondary N) is 1. The van der Waals surface area contributed by atoms with Crippen molar-refractivity contribution in [2.75, 3.05) is 12.8 Å². The minimum Gasteiger partial charge on any atom is -0.323 e. The van der Waals surface area contributed by atoms with Gasteiger partial charge in [-0.15, -0.1) is 11.6 Å². The zero-order valence-corrected chi connectivity index (χ0v) is 13.0. The van der Waals surface area contributed by atoms with Gasteiger partial charge in [-0.2, -0.15) is 0 Å². The van der Waals surface area contributed by atoms with Crippen molar-refractivity contribution in [3.8, 4) is 0 Å². The molecule has 5 nitrogen and oxygen atoms in total. The van der Waals surface area contributed by atoms with E-state index in [4.69, 9.17) is 11.6 Å². The molecule has 0 amide bonds. The highest BCUT2D eigenvalue weighted by Gasteiger charge is 2.20. The molecule has 0 spiro atoms. The van der Waals surface area contributed by atoms with E-state index in [1.807, 2.05) is 0 Å². The van der Waals surface area contributed by atoms with Crippen LogP contribution in [0.25, 0.3) is 11.0 Å². The fourth-order valence-electron chi connectivity index (χ4n) is 2.05. The van der Waals surface area contributed by atoms with Crippen LogP contribution in [0.1, 0.15) is 18.1 Å². The number of imidazole rings is 1. The second-order valence-electron chi connectivity index (χ2n) is 4.63. The summed E-state index contributed by atoms with van der Waals surface area (Å²) >= 11 is 6.00. The number of hydrogen-bond donors (Lipinski definition) is 1. The molecule has 21 heavy (non-hydrogen) atoms. The van der Waals surface area contributed by atoms with Gasteiger partial charge in [-0.25, -0.2) is 26.9 Å². The van der Waals surface area contributed by atoms with Crippen molar-refractivity contribution in [2.45, 2.75) is 18.8 Å². The van der Waals surface area contributed by atoms with Crippen molar-refractivity contribution in [3.05, 3.63) is 29.6 Å². The highest BCUT2D eigenvalue weighted by molar-refractivity contribution is 7.88. The standard InChI is InChI=1S/C12H14ClF2N3O2S/c1-7(13)12-17-9-4-3-8(14)10(15)11(9)18(12)6-5-16-21(2,19)20/h3-4,7,16H,5-6H2,1-2H3. The van der Waals surface area contributed by atoms with E-state index in [0.29, 0.717) is 5.82 Å². The van der Waals surface area contributed by atoms with Crippen molar-refractivity contribution in [1.82, 2.24) is 14.3 Å². The SMILES string of the molecule is CC(Cl)c1nc2ccc(F)c(F)c2n1CCNS(C)(=O)=O. The molecule has 1 aromatic carbocycles. The normalized spacial score (nSPS) is 13.8. The van der Waals surface area contributed by atoms with Gasteiger partial charge in [0.2, 0.25) is 10.0 Å². The molecule has 0 aliphatic heterocycles. The Balaban J connectivity index is 2.48. The molecule has 0 radical (unpaired) electrons. The van der Waals surface area contributed by atoms with E-state index in [9.17, 15) is 17.2 Å². The van der Waals surface area contributed by atoms with Gasteiger partial charge in [0.05, 0.1) is 17.1 Å². The Morgan fingerprint density at radius 2 is 2.10 bits per heavy atom. The number of sulfonamides is 1. The molecule has 1 atom stereocenters. The van der Waals surface area contributed by atoms with Gasteiger partial charge in [0, 0.05) is 13.1 Å². The quantitative estimate of drug-likeness (QED) is 0.850. The molecule has 2 aromatic rings. The van der Waals surface area contributed by atoms with Crippen molar-refractivity contribution >= 4 is 32.7 Å². The Morgan fingerprint density at radius 3 is 2.67 bits per heavy atom. The predicted octanol–water partition coefficient (Wildman–Crippen LogP) is 2.16. The van der Waals surface area contributed by atoms with Crippen LogP contribution in [0.4, 0.5) is 8.78 Å². The third-order valence-electron chi connectivity index (χ3n) is 2.88. The minimum absolute atomic E-state index is 0.0206. The van der Waals surface area contributed by atoms with Gasteiger partial charge in [-0.05, 0) is 19.1 Å². The Kier molecular flexibility index (Phi) is 4.50. The van der Waals surface area contributed by atoms with E-state index in [1.54, 1.807) is 6.92 Å². The summed E-state index contributed by atoms with van der Waals surface area (Å²) < 4.78 is 53.2. The van der Waals surface area contributed by atoms with Crippen molar-refractivity contribution in [2.24, 2.45) is 0 Å². The zero-order valence-electron chi connectivity index (χ0n) is 11.4. The summed E-state index contributed by atoms with van der Waals surface area (Å²) in [5.74, 6) is -1.66. The Labute approximate surface area is 126 Å². The fourth-order valence-corrected chi connectivity index (χ4v) is 2.68. The summed E-state index contributed by atoms with van der Waals surface area (Å²) in [7, 11) is -3.37. The number of fused-ring (bicyclic) bond motifs is 1. The summed E-state index contributed by atoms with van der Waals surface area (Å²) in [6.45, 7) is 1.77. The lowest BCUT2D eigenvalue weighted by molar-refractivity contribution is 0.509. The summed E-state index contributed by atoms with van der Waals surface area (Å²) in [4.78, 5) is 4.18. The first-order valence-electron chi connectivity index (χ1n) is 6.13. The van der Waals surface area contributed by atoms with E-state index in [1.165, 1.54) is 10.6 Å². The molecule has 0 saturated carbocycles. The van der Waals surface area contributed by atoms with Crippen LogP contribution in [-0.4, -0.2) is 30.8 Å². The van der Waals surface area contributed by atoms with Crippen LogP contribution in [0.15, 0.2) is 12.1 Å². The van der Waals surface area contributed by atoms with E-state index in [2.05, 4.69) is 9.71 Å². The molecule has 116 valence electrons. The molecular weight excluding hydrogens is 324 g/mol. The molecule has 1 heterocycles. The Hall–Kier alpha value is -1.25. The molecule has 0 saturated heterocycles. The third kappa shape index (κ3) is 3.50. The van der Waals surface area contributed by atoms with Gasteiger partial charge < -0.3 is 4.57 Å². The molecular formula is C12H14ClF2N3O2S. The van der Waals surface area contributed by atoms with E-state index in [0.717, 1.165) is 12.3 Å². The topological polar surface area (TPSA) is 64.0 Å². The second kappa shape index (κ2) is 5.86. The van der Waals surface area contributed by atoms with Gasteiger partial charge >= 0.3 is 0 Å². The predicted molar refractivity (Wildman–Crippen MR) is 76.8 cm³/mol. The number of alkyl halides is 1. The molecule has 9 heteroatoms. The Bertz CT molecular complexity index is 774. The second-order valence-corrected chi connectivity index (χ2v) is 7.12. The van der Waals surface area contributed by atoms with E-state index < -0.39 is 27.0 Å². The number of aromatic nitrogens is 2. The average molecular weight is 338 g/mol. The third-order valence-corrected chi connectivity index (χ3v) is 3.81. The van der Waals surface area contributed by atoms with Gasteiger partial charge in [-0.1, -0.05) is 0 Å². The number of rotatable bonds is 5. The maximum absolute atomic E-state index is 14.0. The van der Waals surface area contributed by atoms with Crippen molar-refractivity contribution in [1.29, 1.82) is 0 Å². The maximum Gasteiger partial charge on any atom is 0.208 e. The van der Waals surface area contributed by atoms with Gasteiger partial charge in [0.15, 0.2) is 11.6 Å². The van der Waals surface area contributed by atoms with Crippen molar-refractivity contribution < 1.29 is 17.2 Å². The lowest BCUT2D eigenvalue weighted by atomic mass is 10.3. The van der Waals surface area contributed by atoms with Gasteiger partial charge in [-0.3, -0.25) is 0 Å². The van der Waals surface area contributed by atoms with Gasteiger partial charge in [0.1, 0.15) is 11.3 Å². The molecule has 0 bridgehead atoms. The van der Waals surface area contributed by atoms with Crippen LogP contribution in [-0.2, 0) is 16.6 Å². The van der Waals surface area contributed by atoms with E-state index in [-0.39, 0.29) is 24.1 Å². The molecule has 1 aromatic heterocycles. The highest BCUT2D eigenvalue weighted by Crippen LogP contribution is 2.27. The first-order chi connectivity index (χ1) is 9.70. The van der Waals surface area contributed by atoms with Crippen molar-refractivity contribution in [3.63, 3.8) is 0 Å². The summed E-state index contributed by atoms with van der Waals surface area (Å²) in [5, 5.41) is -0.530. The Morgan fingerprint density at radius 1 is 1.43 bits per heavy atom. The average Bonchev–Trinajstić information content (AvgIpc) is 2.72. The largest absolute Gasteiger partial charge is 0.323 e. The summed E-state index contributed by atoms with van der Waals surface area (Å²) in [6, 6.07) is 2.35.